The Bertz CT molecular complexity index is 1070. The zero-order valence-corrected chi connectivity index (χ0v) is 18.3. The number of hydrogen-bond acceptors (Lipinski definition) is 1. The Morgan fingerprint density at radius 1 is 1.07 bits per heavy atom. The number of quaternary nitrogens is 1. The molecule has 2 aliphatic rings. The second kappa shape index (κ2) is 7.21. The molecule has 3 heteroatoms. The predicted molar refractivity (Wildman–Crippen MR) is 119 cm³/mol. The van der Waals surface area contributed by atoms with Gasteiger partial charge in [0.05, 0.1) is 19.3 Å². The van der Waals surface area contributed by atoms with E-state index in [1.165, 1.54) is 65.4 Å². The molecular formula is C26H33N2O+. The molecule has 1 N–H and O–H groups in total. The van der Waals surface area contributed by atoms with Crippen molar-refractivity contribution >= 4 is 10.9 Å². The molecular weight excluding hydrogens is 356 g/mol. The summed E-state index contributed by atoms with van der Waals surface area (Å²) >= 11 is 0. The number of aromatic nitrogens is 1. The highest BCUT2D eigenvalue weighted by molar-refractivity contribution is 5.86. The summed E-state index contributed by atoms with van der Waals surface area (Å²) in [6.45, 7) is 10.2. The number of fused-ring (bicyclic) bond motifs is 3. The van der Waals surface area contributed by atoms with E-state index < -0.39 is 0 Å². The van der Waals surface area contributed by atoms with Crippen LogP contribution in [0.1, 0.15) is 58.8 Å². The van der Waals surface area contributed by atoms with Crippen LogP contribution in [0.2, 0.25) is 0 Å². The minimum absolute atomic E-state index is 0.621. The van der Waals surface area contributed by atoms with Gasteiger partial charge in [-0.05, 0) is 74.6 Å². The van der Waals surface area contributed by atoms with Crippen LogP contribution in [0.3, 0.4) is 0 Å². The standard InChI is InChI=1S/C26H32N2O/c1-17-9-10-23-22(13-17)21-7-5-8-24-26(21)28(23)12-6-11-27(24)16-20-14-19(3)25(29-4)15-18(20)2/h9-10,13-15,24H,5-8,11-12,16H2,1-4H3/p+1/t24-/m0/s1. The lowest BCUT2D eigenvalue weighted by atomic mass is 9.90. The van der Waals surface area contributed by atoms with E-state index in [1.807, 2.05) is 0 Å². The summed E-state index contributed by atoms with van der Waals surface area (Å²) in [7, 11) is 1.77. The monoisotopic (exact) mass is 389 g/mol. The molecule has 29 heavy (non-hydrogen) atoms. The topological polar surface area (TPSA) is 18.6 Å². The van der Waals surface area contributed by atoms with Crippen LogP contribution in [0.5, 0.6) is 5.75 Å². The number of methoxy groups -OCH3 is 1. The maximum atomic E-state index is 5.54. The molecule has 0 fully saturated rings. The lowest BCUT2D eigenvalue weighted by Gasteiger charge is -2.31. The Kier molecular flexibility index (Phi) is 4.66. The molecule has 1 aromatic heterocycles. The third kappa shape index (κ3) is 3.07. The fourth-order valence-electron chi connectivity index (χ4n) is 5.83. The van der Waals surface area contributed by atoms with E-state index in [9.17, 15) is 0 Å². The number of hydrogen-bond donors (Lipinski definition) is 1. The van der Waals surface area contributed by atoms with Gasteiger partial charge in [-0.1, -0.05) is 11.6 Å². The maximum Gasteiger partial charge on any atom is 0.129 e. The first-order valence-corrected chi connectivity index (χ1v) is 11.2. The zero-order chi connectivity index (χ0) is 20.1. The van der Waals surface area contributed by atoms with E-state index in [1.54, 1.807) is 23.3 Å². The van der Waals surface area contributed by atoms with E-state index in [0.717, 1.165) is 18.8 Å². The molecule has 0 bridgehead atoms. The van der Waals surface area contributed by atoms with Crippen molar-refractivity contribution in [2.45, 2.75) is 65.6 Å². The van der Waals surface area contributed by atoms with Gasteiger partial charge in [0.1, 0.15) is 18.3 Å². The third-order valence-corrected chi connectivity index (χ3v) is 7.26. The summed E-state index contributed by atoms with van der Waals surface area (Å²) in [6, 6.07) is 12.3. The van der Waals surface area contributed by atoms with Gasteiger partial charge in [-0.3, -0.25) is 0 Å². The predicted octanol–water partition coefficient (Wildman–Crippen LogP) is 4.44. The molecule has 1 aliphatic carbocycles. The number of nitrogens with one attached hydrogen (secondary N) is 1. The highest BCUT2D eigenvalue weighted by atomic mass is 16.5. The molecule has 0 saturated carbocycles. The van der Waals surface area contributed by atoms with Crippen LogP contribution in [-0.4, -0.2) is 18.2 Å². The molecule has 2 heterocycles. The summed E-state index contributed by atoms with van der Waals surface area (Å²) < 4.78 is 8.21. The molecule has 1 unspecified atom stereocenters. The van der Waals surface area contributed by atoms with Gasteiger partial charge in [-0.2, -0.15) is 0 Å². The van der Waals surface area contributed by atoms with Gasteiger partial charge >= 0.3 is 0 Å². The molecule has 0 radical (unpaired) electrons. The highest BCUT2D eigenvalue weighted by Gasteiger charge is 2.36. The summed E-state index contributed by atoms with van der Waals surface area (Å²) in [6.07, 6.45) is 5.12. The molecule has 2 atom stereocenters. The van der Waals surface area contributed by atoms with Gasteiger partial charge in [-0.15, -0.1) is 0 Å². The quantitative estimate of drug-likeness (QED) is 0.701. The average Bonchev–Trinajstić information content (AvgIpc) is 2.90. The molecule has 5 rings (SSSR count). The van der Waals surface area contributed by atoms with Crippen LogP contribution in [0, 0.1) is 20.8 Å². The van der Waals surface area contributed by atoms with Crippen molar-refractivity contribution in [3.05, 3.63) is 63.8 Å². The Morgan fingerprint density at radius 2 is 1.93 bits per heavy atom. The first-order valence-electron chi connectivity index (χ1n) is 11.2. The summed E-state index contributed by atoms with van der Waals surface area (Å²) in [5.41, 5.74) is 10.2. The minimum Gasteiger partial charge on any atom is -0.496 e. The zero-order valence-electron chi connectivity index (χ0n) is 18.3. The van der Waals surface area contributed by atoms with E-state index in [0.29, 0.717) is 6.04 Å². The fraction of sp³-hybridized carbons (Fsp3) is 0.462. The van der Waals surface area contributed by atoms with Gasteiger partial charge < -0.3 is 14.2 Å². The Balaban J connectivity index is 1.57. The van der Waals surface area contributed by atoms with Crippen molar-refractivity contribution in [3.63, 3.8) is 0 Å². The second-order valence-corrected chi connectivity index (χ2v) is 9.17. The van der Waals surface area contributed by atoms with Gasteiger partial charge in [-0.25, -0.2) is 0 Å². The van der Waals surface area contributed by atoms with Crippen molar-refractivity contribution in [2.75, 3.05) is 13.7 Å². The molecule has 2 aromatic carbocycles. The summed E-state index contributed by atoms with van der Waals surface area (Å²) in [5.74, 6) is 1.01. The molecule has 152 valence electrons. The third-order valence-electron chi connectivity index (χ3n) is 7.26. The van der Waals surface area contributed by atoms with Crippen LogP contribution < -0.4 is 9.64 Å². The molecule has 0 amide bonds. The first kappa shape index (κ1) is 18.7. The van der Waals surface area contributed by atoms with Crippen LogP contribution in [0.15, 0.2) is 30.3 Å². The average molecular weight is 390 g/mol. The summed E-state index contributed by atoms with van der Waals surface area (Å²) in [4.78, 5) is 1.75. The van der Waals surface area contributed by atoms with Gasteiger partial charge in [0.15, 0.2) is 0 Å². The molecule has 0 saturated heterocycles. The Morgan fingerprint density at radius 3 is 2.76 bits per heavy atom. The molecule has 1 aliphatic heterocycles. The van der Waals surface area contributed by atoms with E-state index >= 15 is 0 Å². The van der Waals surface area contributed by atoms with Crippen LogP contribution in [0.25, 0.3) is 10.9 Å². The van der Waals surface area contributed by atoms with Crippen LogP contribution >= 0.6 is 0 Å². The first-order chi connectivity index (χ1) is 14.1. The fourth-order valence-corrected chi connectivity index (χ4v) is 5.83. The van der Waals surface area contributed by atoms with Gasteiger partial charge in [0, 0.05) is 35.9 Å². The van der Waals surface area contributed by atoms with E-state index in [2.05, 4.69) is 55.7 Å². The lowest BCUT2D eigenvalue weighted by molar-refractivity contribution is -0.945. The number of nitrogens with zero attached hydrogens (tertiary/aromatic N) is 1. The van der Waals surface area contributed by atoms with Crippen LogP contribution in [-0.2, 0) is 19.5 Å². The molecule has 3 nitrogen and oxygen atoms in total. The molecule has 3 aromatic rings. The largest absolute Gasteiger partial charge is 0.496 e. The van der Waals surface area contributed by atoms with Gasteiger partial charge in [0.2, 0.25) is 0 Å². The van der Waals surface area contributed by atoms with E-state index in [-0.39, 0.29) is 0 Å². The maximum absolute atomic E-state index is 5.54. The number of rotatable bonds is 3. The Labute approximate surface area is 174 Å². The highest BCUT2D eigenvalue weighted by Crippen LogP contribution is 2.38. The lowest BCUT2D eigenvalue weighted by Crippen LogP contribution is -3.11. The van der Waals surface area contributed by atoms with Crippen molar-refractivity contribution in [3.8, 4) is 5.75 Å². The smallest absolute Gasteiger partial charge is 0.129 e. The van der Waals surface area contributed by atoms with Crippen molar-refractivity contribution < 1.29 is 9.64 Å². The number of ether oxygens (including phenoxy) is 1. The molecule has 0 spiro atoms. The summed E-state index contributed by atoms with van der Waals surface area (Å²) in [5, 5.41) is 1.52. The normalized spacial score (nSPS) is 21.1. The number of benzene rings is 2. The Hall–Kier alpha value is -2.26. The van der Waals surface area contributed by atoms with Gasteiger partial charge in [0.25, 0.3) is 0 Å². The number of aryl methyl sites for hydroxylation is 5. The van der Waals surface area contributed by atoms with Crippen LogP contribution in [0.4, 0.5) is 0 Å². The SMILES string of the molecule is COc1cc(C)c(C[NH+]2CCCn3c4c(c5cc(C)ccc53)CCC[C@@H]42)cc1C. The van der Waals surface area contributed by atoms with Crippen molar-refractivity contribution in [1.29, 1.82) is 0 Å². The van der Waals surface area contributed by atoms with Crippen molar-refractivity contribution in [2.24, 2.45) is 0 Å². The minimum atomic E-state index is 0.621. The van der Waals surface area contributed by atoms with Crippen molar-refractivity contribution in [1.82, 2.24) is 4.57 Å². The van der Waals surface area contributed by atoms with E-state index in [4.69, 9.17) is 4.74 Å². The second-order valence-electron chi connectivity index (χ2n) is 9.17.